The Labute approximate surface area is 83.2 Å². The maximum Gasteiger partial charge on any atom is 0.156 e. The van der Waals surface area contributed by atoms with Crippen LogP contribution < -0.4 is 0 Å². The van der Waals surface area contributed by atoms with E-state index in [9.17, 15) is 4.79 Å². The molecule has 2 fully saturated rings. The Morgan fingerprint density at radius 1 is 1.71 bits per heavy atom. The third-order valence-electron chi connectivity index (χ3n) is 2.49. The summed E-state index contributed by atoms with van der Waals surface area (Å²) in [4.78, 5) is 18.5. The highest BCUT2D eigenvalue weighted by atomic mass is 16.6. The molecule has 14 heavy (non-hydrogen) atoms. The van der Waals surface area contributed by atoms with E-state index in [1.807, 2.05) is 6.92 Å². The van der Waals surface area contributed by atoms with Crippen LogP contribution in [0.25, 0.3) is 0 Å². The smallest absolute Gasteiger partial charge is 0.156 e. The van der Waals surface area contributed by atoms with Crippen LogP contribution in [0.4, 0.5) is 0 Å². The zero-order valence-electron chi connectivity index (χ0n) is 8.32. The van der Waals surface area contributed by atoms with Crippen LogP contribution in [-0.2, 0) is 9.63 Å². The predicted molar refractivity (Wildman–Crippen MR) is 53.1 cm³/mol. The van der Waals surface area contributed by atoms with Gasteiger partial charge in [0.15, 0.2) is 5.78 Å². The van der Waals surface area contributed by atoms with E-state index in [4.69, 9.17) is 4.84 Å². The normalized spacial score (nSPS) is 32.6. The van der Waals surface area contributed by atoms with Crippen molar-refractivity contribution in [3.63, 3.8) is 0 Å². The Morgan fingerprint density at radius 3 is 3.07 bits per heavy atom. The lowest BCUT2D eigenvalue weighted by atomic mass is 10.0. The van der Waals surface area contributed by atoms with E-state index in [0.717, 1.165) is 24.4 Å². The van der Waals surface area contributed by atoms with Crippen molar-refractivity contribution < 1.29 is 9.63 Å². The van der Waals surface area contributed by atoms with Gasteiger partial charge in [0.25, 0.3) is 0 Å². The second-order valence-electron chi connectivity index (χ2n) is 4.00. The van der Waals surface area contributed by atoms with Crippen LogP contribution in [0.3, 0.4) is 0 Å². The van der Waals surface area contributed by atoms with Gasteiger partial charge in [0.2, 0.25) is 0 Å². The molecule has 0 saturated carbocycles. The number of piperidine rings is 1. The van der Waals surface area contributed by atoms with Crippen LogP contribution >= 0.6 is 0 Å². The molecule has 2 heterocycles. The average Bonchev–Trinajstić information content (AvgIpc) is 2.61. The Kier molecular flexibility index (Phi) is 2.37. The first-order chi connectivity index (χ1) is 6.66. The summed E-state index contributed by atoms with van der Waals surface area (Å²) in [6, 6.07) is 0. The van der Waals surface area contributed by atoms with E-state index < -0.39 is 0 Å². The molecule has 0 spiro atoms. The monoisotopic (exact) mass is 194 g/mol. The van der Waals surface area contributed by atoms with E-state index >= 15 is 0 Å². The van der Waals surface area contributed by atoms with Gasteiger partial charge in [-0.25, -0.2) is 0 Å². The van der Waals surface area contributed by atoms with Crippen LogP contribution in [0.2, 0.25) is 0 Å². The molecule has 76 valence electrons. The van der Waals surface area contributed by atoms with Gasteiger partial charge in [-0.1, -0.05) is 11.7 Å². The number of fused-ring (bicyclic) bond motifs is 2. The minimum absolute atomic E-state index is 0.000112. The molecule has 0 aromatic carbocycles. The molecule has 2 saturated heterocycles. The minimum atomic E-state index is 0.000112. The lowest BCUT2D eigenvalue weighted by Crippen LogP contribution is -2.31. The van der Waals surface area contributed by atoms with E-state index in [1.54, 1.807) is 0 Å². The van der Waals surface area contributed by atoms with Gasteiger partial charge in [0, 0.05) is 13.1 Å². The maximum atomic E-state index is 11.3. The average molecular weight is 194 g/mol. The number of nitrogens with zero attached hydrogens (tertiary/aromatic N) is 2. The lowest BCUT2D eigenvalue weighted by molar-refractivity contribution is -0.118. The molecular formula is C10H14N2O2. The van der Waals surface area contributed by atoms with Crippen molar-refractivity contribution in [2.75, 3.05) is 26.2 Å². The molecule has 4 nitrogen and oxygen atoms in total. The number of hydrogen-bond acceptors (Lipinski definition) is 4. The molecule has 2 bridgehead atoms. The molecule has 0 radical (unpaired) electrons. The van der Waals surface area contributed by atoms with Gasteiger partial charge in [0.05, 0.1) is 18.2 Å². The highest BCUT2D eigenvalue weighted by Crippen LogP contribution is 2.22. The number of carbonyl (C=O) groups excluding carboxylic acids is 1. The second-order valence-corrected chi connectivity index (χ2v) is 4.00. The van der Waals surface area contributed by atoms with E-state index in [2.05, 4.69) is 16.6 Å². The van der Waals surface area contributed by atoms with Gasteiger partial charge in [0.1, 0.15) is 6.61 Å². The summed E-state index contributed by atoms with van der Waals surface area (Å²) >= 11 is 0. The van der Waals surface area contributed by atoms with Crippen LogP contribution in [0.15, 0.2) is 17.3 Å². The molecule has 2 unspecified atom stereocenters. The van der Waals surface area contributed by atoms with Gasteiger partial charge in [-0.3, -0.25) is 9.69 Å². The quantitative estimate of drug-likeness (QED) is 0.484. The molecule has 2 atom stereocenters. The van der Waals surface area contributed by atoms with E-state index in [0.29, 0.717) is 13.2 Å². The molecule has 0 aromatic heterocycles. The van der Waals surface area contributed by atoms with E-state index in [-0.39, 0.29) is 11.7 Å². The van der Waals surface area contributed by atoms with Crippen molar-refractivity contribution in [2.45, 2.75) is 6.92 Å². The van der Waals surface area contributed by atoms with Crippen LogP contribution in [0.1, 0.15) is 6.92 Å². The Balaban J connectivity index is 1.93. The largest absolute Gasteiger partial charge is 0.391 e. The molecule has 2 aliphatic rings. The van der Waals surface area contributed by atoms with Crippen LogP contribution in [-0.4, -0.2) is 42.6 Å². The standard InChI is InChI=1S/C10H14N2O2/c1-7(2)6-14-11-9-4-12-3-8(9)10(13)5-12/h8H,1,3-6H2,2H3. The topological polar surface area (TPSA) is 41.9 Å². The van der Waals surface area contributed by atoms with Gasteiger partial charge in [-0.15, -0.1) is 0 Å². The number of oxime groups is 1. The Morgan fingerprint density at radius 2 is 2.50 bits per heavy atom. The van der Waals surface area contributed by atoms with Crippen molar-refractivity contribution in [3.05, 3.63) is 12.2 Å². The van der Waals surface area contributed by atoms with Crippen LogP contribution in [0.5, 0.6) is 0 Å². The first-order valence-electron chi connectivity index (χ1n) is 4.75. The van der Waals surface area contributed by atoms with Crippen molar-refractivity contribution in [1.82, 2.24) is 4.90 Å². The Hall–Kier alpha value is -1.16. The zero-order valence-corrected chi connectivity index (χ0v) is 8.32. The second kappa shape index (κ2) is 3.53. The van der Waals surface area contributed by atoms with Gasteiger partial charge in [-0.2, -0.15) is 0 Å². The van der Waals surface area contributed by atoms with Gasteiger partial charge >= 0.3 is 0 Å². The third kappa shape index (κ3) is 1.70. The SMILES string of the molecule is C=C(C)CON=C1CN2CC(=O)C1C2. The number of rotatable bonds is 3. The minimum Gasteiger partial charge on any atom is -0.391 e. The summed E-state index contributed by atoms with van der Waals surface area (Å²) in [6.45, 7) is 8.23. The maximum absolute atomic E-state index is 11.3. The number of ketones is 1. The number of hydrogen-bond donors (Lipinski definition) is 0. The highest BCUT2D eigenvalue weighted by Gasteiger charge is 2.42. The zero-order chi connectivity index (χ0) is 10.1. The molecular weight excluding hydrogens is 180 g/mol. The molecule has 0 aliphatic carbocycles. The predicted octanol–water partition coefficient (Wildman–Crippen LogP) is 0.450. The summed E-state index contributed by atoms with van der Waals surface area (Å²) < 4.78 is 0. The van der Waals surface area contributed by atoms with Crippen molar-refractivity contribution in [1.29, 1.82) is 0 Å². The van der Waals surface area contributed by atoms with Crippen molar-refractivity contribution >= 4 is 11.5 Å². The van der Waals surface area contributed by atoms with Gasteiger partial charge < -0.3 is 4.84 Å². The fourth-order valence-electron chi connectivity index (χ4n) is 1.82. The first-order valence-corrected chi connectivity index (χ1v) is 4.75. The van der Waals surface area contributed by atoms with Crippen molar-refractivity contribution in [3.8, 4) is 0 Å². The lowest BCUT2D eigenvalue weighted by Gasteiger charge is -2.12. The molecule has 2 rings (SSSR count). The molecule has 0 N–H and O–H groups in total. The fourth-order valence-corrected chi connectivity index (χ4v) is 1.82. The van der Waals surface area contributed by atoms with E-state index in [1.165, 1.54) is 0 Å². The summed E-state index contributed by atoms with van der Waals surface area (Å²) in [5, 5.41) is 3.99. The molecule has 2 aliphatic heterocycles. The third-order valence-corrected chi connectivity index (χ3v) is 2.49. The summed E-state index contributed by atoms with van der Waals surface area (Å²) in [5.74, 6) is 0.272. The number of Topliss-reactive ketones (excluding diaryl/α,β-unsaturated/α-hetero) is 1. The first kappa shape index (κ1) is 9.40. The summed E-state index contributed by atoms with van der Waals surface area (Å²) in [6.07, 6.45) is 0. The molecule has 0 amide bonds. The van der Waals surface area contributed by atoms with Crippen LogP contribution in [0, 0.1) is 5.92 Å². The summed E-state index contributed by atoms with van der Waals surface area (Å²) in [7, 11) is 0. The molecule has 4 heteroatoms. The molecule has 0 aromatic rings. The van der Waals surface area contributed by atoms with Crippen molar-refractivity contribution in [2.24, 2.45) is 11.1 Å². The Bertz CT molecular complexity index is 309. The number of carbonyl (C=O) groups is 1. The fraction of sp³-hybridized carbons (Fsp3) is 0.600. The summed E-state index contributed by atoms with van der Waals surface area (Å²) in [5.41, 5.74) is 1.81. The van der Waals surface area contributed by atoms with Gasteiger partial charge in [-0.05, 0) is 12.5 Å². The highest BCUT2D eigenvalue weighted by molar-refractivity contribution is 6.11.